The van der Waals surface area contributed by atoms with Crippen molar-refractivity contribution < 1.29 is 9.53 Å². The molecule has 3 heterocycles. The predicted octanol–water partition coefficient (Wildman–Crippen LogP) is 4.02. The molecule has 146 valence electrons. The first-order valence-corrected chi connectivity index (χ1v) is 10.4. The lowest BCUT2D eigenvalue weighted by Gasteiger charge is -2.47. The minimum atomic E-state index is -0.408. The number of hydrogen-bond acceptors (Lipinski definition) is 4. The van der Waals surface area contributed by atoms with E-state index in [0.29, 0.717) is 25.6 Å². The Morgan fingerprint density at radius 1 is 1.18 bits per heavy atom. The normalized spacial score (nSPS) is 20.9. The number of nitrogens with zero attached hydrogens (tertiary/aromatic N) is 3. The molecular weight excluding hydrogens is 350 g/mol. The maximum atomic E-state index is 12.9. The molecule has 1 aromatic heterocycles. The van der Waals surface area contributed by atoms with Crippen LogP contribution < -0.4 is 0 Å². The van der Waals surface area contributed by atoms with Crippen LogP contribution in [0.2, 0.25) is 0 Å². The predicted molar refractivity (Wildman–Crippen MR) is 106 cm³/mol. The van der Waals surface area contributed by atoms with Crippen molar-refractivity contribution in [1.29, 1.82) is 0 Å². The molecule has 28 heavy (non-hydrogen) atoms. The third-order valence-corrected chi connectivity index (χ3v) is 6.62. The first kappa shape index (κ1) is 17.8. The van der Waals surface area contributed by atoms with Gasteiger partial charge < -0.3 is 9.64 Å². The molecule has 0 unspecified atom stereocenters. The molecule has 1 saturated carbocycles. The molecule has 5 heteroatoms. The van der Waals surface area contributed by atoms with Crippen molar-refractivity contribution in [1.82, 2.24) is 14.9 Å². The molecule has 5 nitrogen and oxygen atoms in total. The van der Waals surface area contributed by atoms with Crippen molar-refractivity contribution in [2.24, 2.45) is 0 Å². The Balaban J connectivity index is 1.32. The summed E-state index contributed by atoms with van der Waals surface area (Å²) in [5, 5.41) is 0. The first-order chi connectivity index (χ1) is 13.6. The Bertz CT molecular complexity index is 927. The molecule has 1 amide bonds. The number of aryl methyl sites for hydroxylation is 2. The van der Waals surface area contributed by atoms with Gasteiger partial charge in [-0.1, -0.05) is 37.0 Å². The molecule has 1 saturated heterocycles. The summed E-state index contributed by atoms with van der Waals surface area (Å²) >= 11 is 0. The number of carbonyl (C=O) groups excluding carboxylic acids is 1. The van der Waals surface area contributed by atoms with Crippen LogP contribution in [0.1, 0.15) is 76.6 Å². The number of benzene rings is 1. The van der Waals surface area contributed by atoms with Crippen molar-refractivity contribution >= 4 is 5.91 Å². The van der Waals surface area contributed by atoms with Gasteiger partial charge in [-0.2, -0.15) is 0 Å². The van der Waals surface area contributed by atoms with Crippen molar-refractivity contribution in [3.63, 3.8) is 0 Å². The number of carbonyl (C=O) groups is 1. The van der Waals surface area contributed by atoms with Crippen LogP contribution in [0.15, 0.2) is 24.4 Å². The van der Waals surface area contributed by atoms with E-state index in [9.17, 15) is 4.79 Å². The zero-order chi connectivity index (χ0) is 19.3. The molecule has 0 atom stereocenters. The molecule has 2 aromatic rings. The van der Waals surface area contributed by atoms with Crippen molar-refractivity contribution in [3.05, 3.63) is 58.2 Å². The van der Waals surface area contributed by atoms with E-state index in [1.807, 2.05) is 37.1 Å². The minimum Gasteiger partial charge on any atom is -0.360 e. The highest BCUT2D eigenvalue weighted by molar-refractivity contribution is 5.96. The van der Waals surface area contributed by atoms with E-state index in [0.717, 1.165) is 28.2 Å². The van der Waals surface area contributed by atoms with Gasteiger partial charge in [0, 0.05) is 23.2 Å². The van der Waals surface area contributed by atoms with Gasteiger partial charge in [-0.05, 0) is 38.3 Å². The van der Waals surface area contributed by atoms with Gasteiger partial charge in [0.05, 0.1) is 25.4 Å². The average molecular weight is 377 g/mol. The summed E-state index contributed by atoms with van der Waals surface area (Å²) in [5.74, 6) is 1.57. The van der Waals surface area contributed by atoms with Crippen LogP contribution in [-0.2, 0) is 16.9 Å². The van der Waals surface area contributed by atoms with Gasteiger partial charge in [-0.25, -0.2) is 9.97 Å². The van der Waals surface area contributed by atoms with Crippen LogP contribution in [0.25, 0.3) is 0 Å². The zero-order valence-electron chi connectivity index (χ0n) is 16.7. The summed E-state index contributed by atoms with van der Waals surface area (Å²) in [7, 11) is 0. The lowest BCUT2D eigenvalue weighted by Crippen LogP contribution is -2.61. The minimum absolute atomic E-state index is 0.0833. The van der Waals surface area contributed by atoms with E-state index in [1.165, 1.54) is 37.7 Å². The SMILES string of the molecule is Cc1ccc(C(=O)N2CC3(C2)OCc2nc(C4CCCCC4)ncc23)c(C)c1. The quantitative estimate of drug-likeness (QED) is 0.793. The summed E-state index contributed by atoms with van der Waals surface area (Å²) in [6.07, 6.45) is 8.25. The smallest absolute Gasteiger partial charge is 0.254 e. The number of aromatic nitrogens is 2. The van der Waals surface area contributed by atoms with Gasteiger partial charge in [-0.3, -0.25) is 4.79 Å². The second-order valence-electron chi connectivity index (χ2n) is 8.69. The number of rotatable bonds is 2. The van der Waals surface area contributed by atoms with Crippen molar-refractivity contribution in [2.45, 2.75) is 64.1 Å². The number of likely N-dealkylation sites (tertiary alicyclic amines) is 1. The second kappa shape index (κ2) is 6.66. The van der Waals surface area contributed by atoms with E-state index >= 15 is 0 Å². The Kier molecular flexibility index (Phi) is 4.23. The molecule has 0 bridgehead atoms. The van der Waals surface area contributed by atoms with Gasteiger partial charge in [-0.15, -0.1) is 0 Å². The molecule has 1 aliphatic carbocycles. The summed E-state index contributed by atoms with van der Waals surface area (Å²) in [6, 6.07) is 5.99. The Morgan fingerprint density at radius 2 is 1.96 bits per heavy atom. The van der Waals surface area contributed by atoms with E-state index in [2.05, 4.69) is 6.07 Å². The fourth-order valence-corrected chi connectivity index (χ4v) is 4.96. The van der Waals surface area contributed by atoms with E-state index in [1.54, 1.807) is 0 Å². The van der Waals surface area contributed by atoms with Crippen LogP contribution in [-0.4, -0.2) is 33.9 Å². The van der Waals surface area contributed by atoms with Gasteiger partial charge >= 0.3 is 0 Å². The highest BCUT2D eigenvalue weighted by Gasteiger charge is 2.52. The number of ether oxygens (including phenoxy) is 1. The highest BCUT2D eigenvalue weighted by atomic mass is 16.5. The number of hydrogen-bond donors (Lipinski definition) is 0. The fourth-order valence-electron chi connectivity index (χ4n) is 4.96. The molecule has 1 spiro atoms. The largest absolute Gasteiger partial charge is 0.360 e. The van der Waals surface area contributed by atoms with Gasteiger partial charge in [0.2, 0.25) is 0 Å². The third kappa shape index (κ3) is 2.84. The summed E-state index contributed by atoms with van der Waals surface area (Å²) in [4.78, 5) is 24.4. The summed E-state index contributed by atoms with van der Waals surface area (Å²) in [6.45, 7) is 5.74. The molecule has 2 aliphatic heterocycles. The Morgan fingerprint density at radius 3 is 2.71 bits per heavy atom. The van der Waals surface area contributed by atoms with Gasteiger partial charge in [0.1, 0.15) is 11.4 Å². The third-order valence-electron chi connectivity index (χ3n) is 6.62. The standard InChI is InChI=1S/C23H27N3O2/c1-15-8-9-18(16(2)10-15)22(27)26-13-23(14-26)19-11-24-21(25-20(19)12-28-23)17-6-4-3-5-7-17/h8-11,17H,3-7,12-14H2,1-2H3. The first-order valence-electron chi connectivity index (χ1n) is 10.4. The van der Waals surface area contributed by atoms with Gasteiger partial charge in [0.15, 0.2) is 0 Å². The average Bonchev–Trinajstić information content (AvgIpc) is 3.06. The zero-order valence-corrected chi connectivity index (χ0v) is 16.7. The summed E-state index contributed by atoms with van der Waals surface area (Å²) in [5.41, 5.74) is 4.68. The monoisotopic (exact) mass is 377 g/mol. The van der Waals surface area contributed by atoms with Crippen molar-refractivity contribution in [2.75, 3.05) is 13.1 Å². The molecule has 3 aliphatic rings. The molecule has 2 fully saturated rings. The highest BCUT2D eigenvalue weighted by Crippen LogP contribution is 2.43. The van der Waals surface area contributed by atoms with E-state index in [4.69, 9.17) is 14.7 Å². The lowest BCUT2D eigenvalue weighted by atomic mass is 9.86. The molecule has 0 N–H and O–H groups in total. The van der Waals surface area contributed by atoms with Crippen LogP contribution in [0.4, 0.5) is 0 Å². The van der Waals surface area contributed by atoms with E-state index in [-0.39, 0.29) is 5.91 Å². The summed E-state index contributed by atoms with van der Waals surface area (Å²) < 4.78 is 6.16. The number of fused-ring (bicyclic) bond motifs is 2. The molecule has 1 aromatic carbocycles. The Labute approximate surface area is 166 Å². The number of amides is 1. The maximum Gasteiger partial charge on any atom is 0.254 e. The van der Waals surface area contributed by atoms with E-state index < -0.39 is 5.60 Å². The van der Waals surface area contributed by atoms with Crippen LogP contribution in [0.3, 0.4) is 0 Å². The lowest BCUT2D eigenvalue weighted by molar-refractivity contribution is -0.126. The molecule has 0 radical (unpaired) electrons. The maximum absolute atomic E-state index is 12.9. The second-order valence-corrected chi connectivity index (χ2v) is 8.69. The topological polar surface area (TPSA) is 55.3 Å². The van der Waals surface area contributed by atoms with Crippen LogP contribution in [0, 0.1) is 13.8 Å². The van der Waals surface area contributed by atoms with Crippen LogP contribution >= 0.6 is 0 Å². The molecule has 5 rings (SSSR count). The fraction of sp³-hybridized carbons (Fsp3) is 0.522. The molecular formula is C23H27N3O2. The van der Waals surface area contributed by atoms with Crippen LogP contribution in [0.5, 0.6) is 0 Å². The van der Waals surface area contributed by atoms with Gasteiger partial charge in [0.25, 0.3) is 5.91 Å². The Hall–Kier alpha value is -2.27. The van der Waals surface area contributed by atoms with Crippen molar-refractivity contribution in [3.8, 4) is 0 Å².